The maximum absolute atomic E-state index is 12.6. The number of nitrogens with one attached hydrogen (secondary N) is 2. The van der Waals surface area contributed by atoms with Gasteiger partial charge in [-0.25, -0.2) is 9.13 Å². The van der Waals surface area contributed by atoms with Crippen molar-refractivity contribution in [2.24, 2.45) is 11.8 Å². The lowest BCUT2D eigenvalue weighted by molar-refractivity contribution is 0.0211. The van der Waals surface area contributed by atoms with E-state index < -0.39 is 27.1 Å². The van der Waals surface area contributed by atoms with Crippen molar-refractivity contribution in [1.29, 1.82) is 0 Å². The van der Waals surface area contributed by atoms with Gasteiger partial charge < -0.3 is 25.0 Å². The zero-order valence-electron chi connectivity index (χ0n) is 20.5. The number of aromatic nitrogens is 2. The smallest absolute Gasteiger partial charge is 0.404 e. The Morgan fingerprint density at radius 1 is 0.949 bits per heavy atom. The summed E-state index contributed by atoms with van der Waals surface area (Å²) in [6, 6.07) is 15.8. The highest BCUT2D eigenvalue weighted by Gasteiger charge is 2.48. The molecule has 2 unspecified atom stereocenters. The molecular formula is C23H27N5O9P2. The van der Waals surface area contributed by atoms with Crippen molar-refractivity contribution < 1.29 is 37.0 Å². The van der Waals surface area contributed by atoms with E-state index in [4.69, 9.17) is 23.8 Å². The molecule has 5 atom stereocenters. The normalized spacial score (nSPS) is 23.0. The van der Waals surface area contributed by atoms with Crippen LogP contribution in [0.3, 0.4) is 0 Å². The molecule has 3 aromatic rings. The predicted molar refractivity (Wildman–Crippen MR) is 141 cm³/mol. The molecular weight excluding hydrogens is 552 g/mol. The maximum Gasteiger partial charge on any atom is 0.527 e. The Hall–Kier alpha value is -3.38. The van der Waals surface area contributed by atoms with E-state index in [0.717, 1.165) is 0 Å². The summed E-state index contributed by atoms with van der Waals surface area (Å²) in [5, 5.41) is 2.98. The first-order chi connectivity index (χ1) is 18.6. The van der Waals surface area contributed by atoms with Crippen molar-refractivity contribution in [2.75, 3.05) is 35.8 Å². The van der Waals surface area contributed by atoms with Gasteiger partial charge >= 0.3 is 15.6 Å². The number of benzene rings is 2. The summed E-state index contributed by atoms with van der Waals surface area (Å²) in [6.07, 6.45) is 0.435. The third-order valence-corrected chi connectivity index (χ3v) is 8.30. The van der Waals surface area contributed by atoms with Crippen molar-refractivity contribution in [3.63, 3.8) is 0 Å². The highest BCUT2D eigenvalue weighted by atomic mass is 31.2. The van der Waals surface area contributed by atoms with E-state index in [-0.39, 0.29) is 55.0 Å². The standard InChI is InChI=1S/C23H27N5O9P2/c24-23-26-21-20(22(29)27-23)25-14-28(21)19-11-15(12-34-38(30,31)36-16-7-3-1-4-8-16)18(19)13-35-39(32,33)37-17-9-5-2-6-10-17/h1-10,15,18-19,25H,11-14H2,(H,30,31)(H,32,33)(H3,24,26,27,29)/t15-,18-,19-/m1/s1. The number of fused-ring (bicyclic) bond motifs is 1. The van der Waals surface area contributed by atoms with Crippen molar-refractivity contribution in [1.82, 2.24) is 9.97 Å². The van der Waals surface area contributed by atoms with Gasteiger partial charge in [0, 0.05) is 12.0 Å². The average molecular weight is 579 g/mol. The molecule has 5 rings (SSSR count). The SMILES string of the molecule is Nc1nc2c(c(=O)[nH]1)NCN2[C@@H]1C[C@H](COP(=O)(O)Oc2ccccc2)[C@H]1COP(=O)(O)Oc1ccccc1. The van der Waals surface area contributed by atoms with E-state index in [0.29, 0.717) is 12.2 Å². The van der Waals surface area contributed by atoms with Crippen LogP contribution in [0.25, 0.3) is 0 Å². The highest BCUT2D eigenvalue weighted by molar-refractivity contribution is 7.48. The lowest BCUT2D eigenvalue weighted by Crippen LogP contribution is -2.55. The molecule has 1 aromatic heterocycles. The van der Waals surface area contributed by atoms with Crippen molar-refractivity contribution in [2.45, 2.75) is 12.5 Å². The second-order valence-corrected chi connectivity index (χ2v) is 11.8. The summed E-state index contributed by atoms with van der Waals surface area (Å²) in [6.45, 7) is -0.213. The predicted octanol–water partition coefficient (Wildman–Crippen LogP) is 2.94. The van der Waals surface area contributed by atoms with Gasteiger partial charge in [0.2, 0.25) is 5.95 Å². The summed E-state index contributed by atoms with van der Waals surface area (Å²) in [7, 11) is -8.96. The van der Waals surface area contributed by atoms with Gasteiger partial charge in [0.15, 0.2) is 5.82 Å². The molecule has 1 fully saturated rings. The van der Waals surface area contributed by atoms with E-state index in [1.165, 1.54) is 24.3 Å². The number of anilines is 3. The molecule has 14 nitrogen and oxygen atoms in total. The van der Waals surface area contributed by atoms with Crippen LogP contribution in [0.15, 0.2) is 65.5 Å². The van der Waals surface area contributed by atoms with E-state index in [1.54, 1.807) is 41.3 Å². The minimum absolute atomic E-state index is 0.0603. The van der Waals surface area contributed by atoms with Gasteiger partial charge in [-0.05, 0) is 36.6 Å². The molecule has 0 amide bonds. The van der Waals surface area contributed by atoms with Gasteiger partial charge in [-0.1, -0.05) is 36.4 Å². The van der Waals surface area contributed by atoms with Crippen LogP contribution in [0.1, 0.15) is 6.42 Å². The molecule has 0 saturated heterocycles. The van der Waals surface area contributed by atoms with Gasteiger partial charge in [-0.15, -0.1) is 0 Å². The molecule has 0 spiro atoms. The molecule has 2 aromatic carbocycles. The number of rotatable bonds is 11. The lowest BCUT2D eigenvalue weighted by atomic mass is 9.69. The van der Waals surface area contributed by atoms with Crippen LogP contribution in [-0.2, 0) is 18.2 Å². The maximum atomic E-state index is 12.6. The number of nitrogens with zero attached hydrogens (tertiary/aromatic N) is 2. The Balaban J connectivity index is 1.29. The van der Waals surface area contributed by atoms with E-state index in [2.05, 4.69) is 15.3 Å². The number of aromatic amines is 1. The molecule has 39 heavy (non-hydrogen) atoms. The number of nitrogen functional groups attached to an aromatic ring is 1. The number of hydrogen-bond donors (Lipinski definition) is 5. The van der Waals surface area contributed by atoms with E-state index in [9.17, 15) is 23.7 Å². The van der Waals surface area contributed by atoms with Crippen LogP contribution >= 0.6 is 15.6 Å². The summed E-state index contributed by atoms with van der Waals surface area (Å²) in [5.41, 5.74) is 5.56. The minimum Gasteiger partial charge on any atom is -0.404 e. The van der Waals surface area contributed by atoms with Gasteiger partial charge in [0.05, 0.1) is 19.9 Å². The van der Waals surface area contributed by atoms with Crippen LogP contribution in [0, 0.1) is 11.8 Å². The summed E-state index contributed by atoms with van der Waals surface area (Å²) in [5.74, 6) is -0.244. The Bertz CT molecular complexity index is 1460. The van der Waals surface area contributed by atoms with Gasteiger partial charge in [-0.2, -0.15) is 4.98 Å². The third kappa shape index (κ3) is 6.44. The van der Waals surface area contributed by atoms with Gasteiger partial charge in [0.1, 0.15) is 17.2 Å². The number of H-pyrrole nitrogens is 1. The minimum atomic E-state index is -4.51. The number of nitrogens with two attached hydrogens (primary N) is 1. The molecule has 1 aliphatic carbocycles. The van der Waals surface area contributed by atoms with Crippen LogP contribution in [-0.4, -0.2) is 45.7 Å². The Morgan fingerprint density at radius 2 is 1.51 bits per heavy atom. The van der Waals surface area contributed by atoms with Crippen LogP contribution in [0.5, 0.6) is 11.5 Å². The van der Waals surface area contributed by atoms with Gasteiger partial charge in [-0.3, -0.25) is 28.6 Å². The fourth-order valence-corrected chi connectivity index (χ4v) is 6.21. The molecule has 0 radical (unpaired) electrons. The van der Waals surface area contributed by atoms with Crippen LogP contribution < -0.4 is 30.6 Å². The number of phosphoric acid groups is 2. The van der Waals surface area contributed by atoms with Crippen LogP contribution in [0.2, 0.25) is 0 Å². The van der Waals surface area contributed by atoms with E-state index >= 15 is 0 Å². The third-order valence-electron chi connectivity index (χ3n) is 6.47. The molecule has 1 saturated carbocycles. The quantitative estimate of drug-likeness (QED) is 0.208. The average Bonchev–Trinajstić information content (AvgIpc) is 3.27. The second-order valence-electron chi connectivity index (χ2n) is 9.02. The molecule has 1 aliphatic heterocycles. The summed E-state index contributed by atoms with van der Waals surface area (Å²) < 4.78 is 46.0. The fourth-order valence-electron chi connectivity index (χ4n) is 4.59. The van der Waals surface area contributed by atoms with Crippen molar-refractivity contribution in [3.8, 4) is 11.5 Å². The second kappa shape index (κ2) is 11.0. The monoisotopic (exact) mass is 579 g/mol. The van der Waals surface area contributed by atoms with Crippen molar-refractivity contribution >= 4 is 33.1 Å². The molecule has 2 aliphatic rings. The molecule has 16 heteroatoms. The largest absolute Gasteiger partial charge is 0.527 e. The summed E-state index contributed by atoms with van der Waals surface area (Å²) in [4.78, 5) is 41.2. The number of phosphoric ester groups is 2. The summed E-state index contributed by atoms with van der Waals surface area (Å²) >= 11 is 0. The van der Waals surface area contributed by atoms with Crippen molar-refractivity contribution in [3.05, 3.63) is 71.0 Å². The Kier molecular flexibility index (Phi) is 7.68. The highest BCUT2D eigenvalue weighted by Crippen LogP contribution is 2.51. The van der Waals surface area contributed by atoms with Gasteiger partial charge in [0.25, 0.3) is 5.56 Å². The zero-order chi connectivity index (χ0) is 27.6. The number of hydrogen-bond acceptors (Lipinski definition) is 11. The first-order valence-corrected chi connectivity index (χ1v) is 14.9. The topological polar surface area (TPSA) is 199 Å². The molecule has 6 N–H and O–H groups in total. The zero-order valence-corrected chi connectivity index (χ0v) is 22.2. The fraction of sp³-hybridized carbons (Fsp3) is 0.304. The number of para-hydroxylation sites is 2. The first kappa shape index (κ1) is 27.2. The Morgan fingerprint density at radius 3 is 2.10 bits per heavy atom. The Labute approximate surface area is 222 Å². The molecule has 2 heterocycles. The first-order valence-electron chi connectivity index (χ1n) is 11.9. The van der Waals surface area contributed by atoms with Crippen LogP contribution in [0.4, 0.5) is 17.5 Å². The molecule has 0 bridgehead atoms. The lowest BCUT2D eigenvalue weighted by Gasteiger charge is -2.48. The van der Waals surface area contributed by atoms with E-state index in [1.807, 2.05) is 0 Å². The molecule has 208 valence electrons.